The van der Waals surface area contributed by atoms with Gasteiger partial charge < -0.3 is 15.7 Å². The number of phenolic OH excluding ortho intramolecular Hbond substituents is 1. The van der Waals surface area contributed by atoms with Crippen molar-refractivity contribution in [1.29, 1.82) is 0 Å². The molecule has 24 heavy (non-hydrogen) atoms. The van der Waals surface area contributed by atoms with E-state index < -0.39 is 5.91 Å². The molecule has 0 atom stereocenters. The van der Waals surface area contributed by atoms with Gasteiger partial charge in [0.2, 0.25) is 0 Å². The lowest BCUT2D eigenvalue weighted by molar-refractivity contribution is 0.102. The number of urea groups is 1. The second kappa shape index (κ2) is 6.59. The monoisotopic (exact) mass is 365 g/mol. The molecule has 3 amide bonds. The average molecular weight is 366 g/mol. The van der Waals surface area contributed by atoms with Gasteiger partial charge in [-0.15, -0.1) is 0 Å². The van der Waals surface area contributed by atoms with E-state index in [1.54, 1.807) is 29.2 Å². The van der Waals surface area contributed by atoms with Gasteiger partial charge in [-0.2, -0.15) is 0 Å². The number of aromatic hydroxyl groups is 1. The van der Waals surface area contributed by atoms with Gasteiger partial charge in [-0.1, -0.05) is 23.2 Å². The smallest absolute Gasteiger partial charge is 0.321 e. The number of rotatable bonds is 3. The molecule has 124 valence electrons. The fourth-order valence-electron chi connectivity index (χ4n) is 2.42. The Morgan fingerprint density at radius 2 is 1.92 bits per heavy atom. The van der Waals surface area contributed by atoms with Crippen molar-refractivity contribution in [2.24, 2.45) is 0 Å². The topological polar surface area (TPSA) is 81.7 Å². The molecule has 6 nitrogen and oxygen atoms in total. The number of carbonyl (C=O) groups is 2. The molecular weight excluding hydrogens is 353 g/mol. The molecule has 1 saturated heterocycles. The quantitative estimate of drug-likeness (QED) is 0.778. The summed E-state index contributed by atoms with van der Waals surface area (Å²) in [4.78, 5) is 25.5. The van der Waals surface area contributed by atoms with Gasteiger partial charge in [-0.3, -0.25) is 9.69 Å². The molecule has 0 unspecified atom stereocenters. The zero-order chi connectivity index (χ0) is 17.3. The second-order valence-electron chi connectivity index (χ2n) is 5.17. The van der Waals surface area contributed by atoms with E-state index >= 15 is 0 Å². The molecule has 3 N–H and O–H groups in total. The summed E-state index contributed by atoms with van der Waals surface area (Å²) >= 11 is 11.7. The van der Waals surface area contributed by atoms with Gasteiger partial charge in [0.05, 0.1) is 5.02 Å². The van der Waals surface area contributed by atoms with Crippen LogP contribution in [0.4, 0.5) is 16.2 Å². The van der Waals surface area contributed by atoms with E-state index in [1.165, 1.54) is 12.1 Å². The molecule has 0 radical (unpaired) electrons. The Morgan fingerprint density at radius 1 is 1.21 bits per heavy atom. The fraction of sp³-hybridized carbons (Fsp3) is 0.125. The Kier molecular flexibility index (Phi) is 4.51. The third-order valence-electron chi connectivity index (χ3n) is 3.55. The first-order valence-electron chi connectivity index (χ1n) is 7.10. The van der Waals surface area contributed by atoms with Crippen molar-refractivity contribution < 1.29 is 14.7 Å². The normalized spacial score (nSPS) is 13.8. The van der Waals surface area contributed by atoms with Crippen LogP contribution < -0.4 is 15.5 Å². The summed E-state index contributed by atoms with van der Waals surface area (Å²) in [7, 11) is 0. The SMILES string of the molecule is O=C(Nc1ccc(N2CCNC2=O)cc1)c1c(O)cc(Cl)cc1Cl. The maximum atomic E-state index is 12.3. The highest BCUT2D eigenvalue weighted by molar-refractivity contribution is 6.37. The van der Waals surface area contributed by atoms with Gasteiger partial charge in [0.25, 0.3) is 5.91 Å². The van der Waals surface area contributed by atoms with E-state index in [2.05, 4.69) is 10.6 Å². The van der Waals surface area contributed by atoms with Crippen molar-refractivity contribution in [2.75, 3.05) is 23.3 Å². The minimum atomic E-state index is -0.555. The van der Waals surface area contributed by atoms with Crippen molar-refractivity contribution in [3.8, 4) is 5.75 Å². The van der Waals surface area contributed by atoms with Crippen molar-refractivity contribution in [1.82, 2.24) is 5.32 Å². The lowest BCUT2D eigenvalue weighted by Gasteiger charge is -2.15. The van der Waals surface area contributed by atoms with E-state index in [1.807, 2.05) is 0 Å². The van der Waals surface area contributed by atoms with Gasteiger partial charge in [0.1, 0.15) is 11.3 Å². The Bertz CT molecular complexity index is 786. The number of nitrogens with zero attached hydrogens (tertiary/aromatic N) is 1. The summed E-state index contributed by atoms with van der Waals surface area (Å²) in [5.41, 5.74) is 1.19. The van der Waals surface area contributed by atoms with Gasteiger partial charge in [0, 0.05) is 29.5 Å². The van der Waals surface area contributed by atoms with Crippen LogP contribution >= 0.6 is 23.2 Å². The molecule has 3 rings (SSSR count). The zero-order valence-electron chi connectivity index (χ0n) is 12.3. The first kappa shape index (κ1) is 16.4. The molecule has 1 heterocycles. The largest absolute Gasteiger partial charge is 0.507 e. The fourth-order valence-corrected chi connectivity index (χ4v) is 2.99. The van der Waals surface area contributed by atoms with Crippen LogP contribution in [0.2, 0.25) is 10.0 Å². The summed E-state index contributed by atoms with van der Waals surface area (Å²) in [5.74, 6) is -0.851. The number of halogens is 2. The molecule has 1 fully saturated rings. The minimum absolute atomic E-state index is 0.0518. The second-order valence-corrected chi connectivity index (χ2v) is 6.01. The van der Waals surface area contributed by atoms with Crippen molar-refractivity contribution in [2.45, 2.75) is 0 Å². The standard InChI is InChI=1S/C16H13Cl2N3O3/c17-9-7-12(18)14(13(22)8-9)15(23)20-10-1-3-11(4-2-10)21-6-5-19-16(21)24/h1-4,7-8,22H,5-6H2,(H,19,24)(H,20,23). The first-order chi connectivity index (χ1) is 11.5. The third kappa shape index (κ3) is 3.25. The highest BCUT2D eigenvalue weighted by Gasteiger charge is 2.21. The number of carbonyl (C=O) groups excluding carboxylic acids is 2. The third-order valence-corrected chi connectivity index (χ3v) is 4.07. The Morgan fingerprint density at radius 3 is 2.50 bits per heavy atom. The molecule has 1 aliphatic rings. The molecule has 0 saturated carbocycles. The van der Waals surface area contributed by atoms with Crippen LogP contribution in [0.3, 0.4) is 0 Å². The summed E-state index contributed by atoms with van der Waals surface area (Å²) in [5, 5.41) is 15.5. The van der Waals surface area contributed by atoms with Gasteiger partial charge in [0.15, 0.2) is 0 Å². The Hall–Kier alpha value is -2.44. The Labute approximate surface area is 148 Å². The predicted octanol–water partition coefficient (Wildman–Crippen LogP) is 3.48. The lowest BCUT2D eigenvalue weighted by Crippen LogP contribution is -2.27. The van der Waals surface area contributed by atoms with Crippen molar-refractivity contribution in [3.05, 3.63) is 52.0 Å². The summed E-state index contributed by atoms with van der Waals surface area (Å²) < 4.78 is 0. The van der Waals surface area contributed by atoms with Crippen LogP contribution in [0.15, 0.2) is 36.4 Å². The average Bonchev–Trinajstić information content (AvgIpc) is 2.93. The maximum Gasteiger partial charge on any atom is 0.321 e. The van der Waals surface area contributed by atoms with E-state index in [9.17, 15) is 14.7 Å². The zero-order valence-corrected chi connectivity index (χ0v) is 13.9. The molecule has 0 bridgehead atoms. The van der Waals surface area contributed by atoms with E-state index in [-0.39, 0.29) is 27.4 Å². The molecule has 0 spiro atoms. The number of anilines is 2. The van der Waals surface area contributed by atoms with Crippen LogP contribution in [0, 0.1) is 0 Å². The minimum Gasteiger partial charge on any atom is -0.507 e. The maximum absolute atomic E-state index is 12.3. The molecule has 1 aliphatic heterocycles. The number of benzene rings is 2. The number of phenols is 1. The number of amides is 3. The molecule has 8 heteroatoms. The van der Waals surface area contributed by atoms with Crippen LogP contribution in [0.5, 0.6) is 5.75 Å². The molecular formula is C16H13Cl2N3O3. The number of hydrogen-bond donors (Lipinski definition) is 3. The van der Waals surface area contributed by atoms with Crippen LogP contribution in [-0.2, 0) is 0 Å². The highest BCUT2D eigenvalue weighted by Crippen LogP contribution is 2.31. The van der Waals surface area contributed by atoms with Gasteiger partial charge in [-0.25, -0.2) is 4.79 Å². The molecule has 2 aromatic rings. The summed E-state index contributed by atoms with van der Waals surface area (Å²) in [6.45, 7) is 1.20. The molecule has 2 aromatic carbocycles. The van der Waals surface area contributed by atoms with Crippen LogP contribution in [0.25, 0.3) is 0 Å². The Balaban J connectivity index is 1.77. The first-order valence-corrected chi connectivity index (χ1v) is 7.86. The molecule has 0 aromatic heterocycles. The lowest BCUT2D eigenvalue weighted by atomic mass is 10.1. The van der Waals surface area contributed by atoms with Gasteiger partial charge in [-0.05, 0) is 36.4 Å². The van der Waals surface area contributed by atoms with E-state index in [0.29, 0.717) is 18.8 Å². The number of hydrogen-bond acceptors (Lipinski definition) is 3. The van der Waals surface area contributed by atoms with Crippen molar-refractivity contribution in [3.63, 3.8) is 0 Å². The van der Waals surface area contributed by atoms with E-state index in [0.717, 1.165) is 5.69 Å². The predicted molar refractivity (Wildman–Crippen MR) is 93.3 cm³/mol. The number of nitrogens with one attached hydrogen (secondary N) is 2. The summed E-state index contributed by atoms with van der Waals surface area (Å²) in [6.07, 6.45) is 0. The van der Waals surface area contributed by atoms with Crippen LogP contribution in [0.1, 0.15) is 10.4 Å². The highest BCUT2D eigenvalue weighted by atomic mass is 35.5. The molecule has 0 aliphatic carbocycles. The van der Waals surface area contributed by atoms with E-state index in [4.69, 9.17) is 23.2 Å². The van der Waals surface area contributed by atoms with Crippen molar-refractivity contribution >= 4 is 46.5 Å². The summed E-state index contributed by atoms with van der Waals surface area (Å²) in [6, 6.07) is 9.27. The van der Waals surface area contributed by atoms with Gasteiger partial charge >= 0.3 is 6.03 Å². The van der Waals surface area contributed by atoms with Crippen LogP contribution in [-0.4, -0.2) is 30.1 Å².